The van der Waals surface area contributed by atoms with Crippen molar-refractivity contribution < 1.29 is 19.7 Å². The van der Waals surface area contributed by atoms with Crippen LogP contribution in [0, 0.1) is 0 Å². The van der Waals surface area contributed by atoms with Crippen molar-refractivity contribution in [3.05, 3.63) is 12.7 Å². The Morgan fingerprint density at radius 2 is 2.15 bits per heavy atom. The van der Waals surface area contributed by atoms with Crippen LogP contribution in [0.1, 0.15) is 0 Å². The fourth-order valence-corrected chi connectivity index (χ4v) is 0.758. The van der Waals surface area contributed by atoms with Gasteiger partial charge in [-0.05, 0) is 0 Å². The lowest BCUT2D eigenvalue weighted by atomic mass is 10.5. The second kappa shape index (κ2) is 7.57. The van der Waals surface area contributed by atoms with Crippen molar-refractivity contribution in [2.45, 2.75) is 0 Å². The van der Waals surface area contributed by atoms with Crippen LogP contribution in [0.4, 0.5) is 4.79 Å². The summed E-state index contributed by atoms with van der Waals surface area (Å²) < 4.78 is 4.64. The molecule has 0 heterocycles. The maximum atomic E-state index is 11.1. The van der Waals surface area contributed by atoms with Crippen molar-refractivity contribution in [2.75, 3.05) is 32.9 Å². The number of aliphatic hydroxyl groups excluding tert-OH is 2. The first-order valence-electron chi connectivity index (χ1n) is 4.00. The molecule has 1 amide bonds. The number of hydrogen-bond acceptors (Lipinski definition) is 4. The number of nitrogens with zero attached hydrogens (tertiary/aromatic N) is 1. The third-order valence-electron chi connectivity index (χ3n) is 1.29. The van der Waals surface area contributed by atoms with Crippen LogP contribution in [0.5, 0.6) is 0 Å². The molecular formula is C8H15NO4. The van der Waals surface area contributed by atoms with Gasteiger partial charge in [0.1, 0.15) is 6.61 Å². The highest BCUT2D eigenvalue weighted by atomic mass is 16.6. The summed E-state index contributed by atoms with van der Waals surface area (Å²) in [6, 6.07) is 0. The van der Waals surface area contributed by atoms with Crippen LogP contribution in [0.25, 0.3) is 0 Å². The van der Waals surface area contributed by atoms with E-state index >= 15 is 0 Å². The Morgan fingerprint density at radius 1 is 1.46 bits per heavy atom. The average Bonchev–Trinajstić information content (AvgIpc) is 2.14. The number of rotatable bonds is 6. The minimum Gasteiger partial charge on any atom is -0.447 e. The summed E-state index contributed by atoms with van der Waals surface area (Å²) in [5.74, 6) is 0. The van der Waals surface area contributed by atoms with Gasteiger partial charge in [0.25, 0.3) is 0 Å². The van der Waals surface area contributed by atoms with Crippen LogP contribution in [0.2, 0.25) is 0 Å². The van der Waals surface area contributed by atoms with Crippen molar-refractivity contribution in [1.82, 2.24) is 4.90 Å². The van der Waals surface area contributed by atoms with Gasteiger partial charge in [0, 0.05) is 13.1 Å². The molecule has 0 aromatic carbocycles. The van der Waals surface area contributed by atoms with Gasteiger partial charge in [-0.25, -0.2) is 4.79 Å². The Labute approximate surface area is 77.2 Å². The molecule has 0 aliphatic rings. The molecule has 2 N–H and O–H groups in total. The van der Waals surface area contributed by atoms with Crippen LogP contribution in [-0.4, -0.2) is 54.1 Å². The van der Waals surface area contributed by atoms with Crippen molar-refractivity contribution in [3.8, 4) is 0 Å². The summed E-state index contributed by atoms with van der Waals surface area (Å²) in [7, 11) is 0. The predicted octanol–water partition coefficient (Wildman–Crippen LogP) is -0.404. The van der Waals surface area contributed by atoms with Crippen LogP contribution < -0.4 is 0 Å². The zero-order chi connectivity index (χ0) is 10.1. The zero-order valence-corrected chi connectivity index (χ0v) is 7.48. The van der Waals surface area contributed by atoms with E-state index in [1.807, 2.05) is 0 Å². The summed E-state index contributed by atoms with van der Waals surface area (Å²) in [5.41, 5.74) is 0. The Kier molecular flexibility index (Phi) is 6.95. The summed E-state index contributed by atoms with van der Waals surface area (Å²) in [6.07, 6.45) is 0.985. The summed E-state index contributed by atoms with van der Waals surface area (Å²) in [5, 5.41) is 17.0. The molecule has 0 bridgehead atoms. The number of hydrogen-bond donors (Lipinski definition) is 2. The van der Waals surface area contributed by atoms with E-state index in [1.54, 1.807) is 0 Å². The van der Waals surface area contributed by atoms with Crippen LogP contribution >= 0.6 is 0 Å². The monoisotopic (exact) mass is 189 g/mol. The lowest BCUT2D eigenvalue weighted by Gasteiger charge is -2.18. The van der Waals surface area contributed by atoms with Gasteiger partial charge in [-0.1, -0.05) is 6.08 Å². The van der Waals surface area contributed by atoms with E-state index in [2.05, 4.69) is 11.3 Å². The quantitative estimate of drug-likeness (QED) is 0.557. The van der Waals surface area contributed by atoms with Crippen molar-refractivity contribution in [2.24, 2.45) is 0 Å². The van der Waals surface area contributed by atoms with E-state index in [-0.39, 0.29) is 26.4 Å². The summed E-state index contributed by atoms with van der Waals surface area (Å²) >= 11 is 0. The van der Waals surface area contributed by atoms with E-state index in [1.165, 1.54) is 11.0 Å². The lowest BCUT2D eigenvalue weighted by Crippen LogP contribution is -2.34. The zero-order valence-electron chi connectivity index (χ0n) is 7.48. The minimum absolute atomic E-state index is 0.0299. The molecule has 0 unspecified atom stereocenters. The highest BCUT2D eigenvalue weighted by Crippen LogP contribution is 1.93. The van der Waals surface area contributed by atoms with Gasteiger partial charge in [-0.3, -0.25) is 0 Å². The third-order valence-corrected chi connectivity index (χ3v) is 1.29. The largest absolute Gasteiger partial charge is 0.447 e. The Morgan fingerprint density at radius 3 is 2.62 bits per heavy atom. The van der Waals surface area contributed by atoms with Gasteiger partial charge in [-0.15, -0.1) is 6.58 Å². The number of ether oxygens (including phenoxy) is 1. The van der Waals surface area contributed by atoms with Gasteiger partial charge in [0.15, 0.2) is 0 Å². The van der Waals surface area contributed by atoms with Crippen LogP contribution in [0.3, 0.4) is 0 Å². The fourth-order valence-electron chi connectivity index (χ4n) is 0.758. The highest BCUT2D eigenvalue weighted by molar-refractivity contribution is 5.67. The fraction of sp³-hybridized carbons (Fsp3) is 0.625. The minimum atomic E-state index is -0.553. The van der Waals surface area contributed by atoms with Crippen molar-refractivity contribution >= 4 is 6.09 Å². The van der Waals surface area contributed by atoms with Gasteiger partial charge in [0.2, 0.25) is 0 Å². The number of aliphatic hydroxyl groups is 2. The van der Waals surface area contributed by atoms with E-state index in [0.29, 0.717) is 6.54 Å². The topological polar surface area (TPSA) is 70.0 Å². The molecular weight excluding hydrogens is 174 g/mol. The van der Waals surface area contributed by atoms with Crippen LogP contribution in [-0.2, 0) is 4.74 Å². The van der Waals surface area contributed by atoms with Gasteiger partial charge in [-0.2, -0.15) is 0 Å². The standard InChI is InChI=1S/C8H15NO4/c1-2-3-9(4-5-10)8(12)13-7-6-11/h2,10-11H,1,3-7H2. The van der Waals surface area contributed by atoms with E-state index < -0.39 is 6.09 Å². The molecule has 0 aliphatic carbocycles. The Hall–Kier alpha value is -1.07. The van der Waals surface area contributed by atoms with Gasteiger partial charge >= 0.3 is 6.09 Å². The Bertz CT molecular complexity index is 160. The first-order valence-corrected chi connectivity index (χ1v) is 4.00. The molecule has 0 saturated heterocycles. The molecule has 0 radical (unpaired) electrons. The van der Waals surface area contributed by atoms with E-state index in [4.69, 9.17) is 10.2 Å². The Balaban J connectivity index is 3.87. The maximum absolute atomic E-state index is 11.1. The van der Waals surface area contributed by atoms with E-state index in [9.17, 15) is 4.79 Å². The lowest BCUT2D eigenvalue weighted by molar-refractivity contribution is 0.0818. The van der Waals surface area contributed by atoms with Crippen molar-refractivity contribution in [1.29, 1.82) is 0 Å². The summed E-state index contributed by atoms with van der Waals surface area (Å²) in [6.45, 7) is 3.64. The molecule has 0 spiro atoms. The van der Waals surface area contributed by atoms with Crippen LogP contribution in [0.15, 0.2) is 12.7 Å². The van der Waals surface area contributed by atoms with Gasteiger partial charge in [0.05, 0.1) is 13.2 Å². The average molecular weight is 189 g/mol. The molecule has 5 nitrogen and oxygen atoms in total. The molecule has 0 rings (SSSR count). The molecule has 0 saturated carbocycles. The molecule has 0 atom stereocenters. The summed E-state index contributed by atoms with van der Waals surface area (Å²) in [4.78, 5) is 12.4. The molecule has 0 aliphatic heterocycles. The number of carbonyl (C=O) groups excluding carboxylic acids is 1. The van der Waals surface area contributed by atoms with Crippen molar-refractivity contribution in [3.63, 3.8) is 0 Å². The second-order valence-electron chi connectivity index (χ2n) is 2.30. The molecule has 13 heavy (non-hydrogen) atoms. The normalized spacial score (nSPS) is 9.38. The molecule has 76 valence electrons. The first-order chi connectivity index (χ1) is 6.26. The molecule has 0 aromatic rings. The number of amides is 1. The molecule has 0 aromatic heterocycles. The molecule has 5 heteroatoms. The molecule has 0 fully saturated rings. The second-order valence-corrected chi connectivity index (χ2v) is 2.30. The predicted molar refractivity (Wildman–Crippen MR) is 47.3 cm³/mol. The highest BCUT2D eigenvalue weighted by Gasteiger charge is 2.11. The number of carbonyl (C=O) groups is 1. The maximum Gasteiger partial charge on any atom is 0.410 e. The first kappa shape index (κ1) is 11.9. The van der Waals surface area contributed by atoms with Gasteiger partial charge < -0.3 is 19.8 Å². The smallest absolute Gasteiger partial charge is 0.410 e. The SMILES string of the molecule is C=CCN(CCO)C(=O)OCCO. The van der Waals surface area contributed by atoms with E-state index in [0.717, 1.165) is 0 Å². The third kappa shape index (κ3) is 5.21.